The Hall–Kier alpha value is -2.75. The lowest BCUT2D eigenvalue weighted by Crippen LogP contribution is -2.58. The average Bonchev–Trinajstić information content (AvgIpc) is 2.87. The van der Waals surface area contributed by atoms with Crippen LogP contribution in [0.5, 0.6) is 0 Å². The largest absolute Gasteiger partial charge is 0.480 e. The van der Waals surface area contributed by atoms with Crippen LogP contribution in [0.25, 0.3) is 0 Å². The van der Waals surface area contributed by atoms with Gasteiger partial charge in [-0.05, 0) is 63.2 Å². The third-order valence-corrected chi connectivity index (χ3v) is 7.69. The SMILES string of the molecule is CSCC[C@H](NC(=O)C1Cc2ccccc2CN1C(=O)CN(C(=O)OC(C)(C)C)C1CCCCC1)C(=O)O. The molecule has 2 atom stereocenters. The van der Waals surface area contributed by atoms with Gasteiger partial charge in [-0.25, -0.2) is 9.59 Å². The van der Waals surface area contributed by atoms with Crippen molar-refractivity contribution in [1.82, 2.24) is 15.1 Å². The molecule has 210 valence electrons. The Morgan fingerprint density at radius 3 is 2.39 bits per heavy atom. The summed E-state index contributed by atoms with van der Waals surface area (Å²) in [6.45, 7) is 5.40. The van der Waals surface area contributed by atoms with E-state index in [1.165, 1.54) is 21.6 Å². The first kappa shape index (κ1) is 29.8. The number of thioether (sulfide) groups is 1. The standard InChI is InChI=1S/C28H41N3O6S/c1-28(2,3)37-27(36)30(21-12-6-5-7-13-21)18-24(32)31-17-20-11-9-8-10-19(20)16-23(31)25(33)29-22(26(34)35)14-15-38-4/h8-11,21-23H,5-7,12-18H2,1-4H3,(H,29,33)(H,34,35)/t22-,23?/m0/s1. The van der Waals surface area contributed by atoms with Gasteiger partial charge in [-0.1, -0.05) is 43.5 Å². The summed E-state index contributed by atoms with van der Waals surface area (Å²) in [5.74, 6) is -1.37. The molecule has 1 heterocycles. The van der Waals surface area contributed by atoms with Crippen LogP contribution in [0.4, 0.5) is 4.79 Å². The average molecular weight is 548 g/mol. The molecular weight excluding hydrogens is 506 g/mol. The first-order chi connectivity index (χ1) is 18.0. The molecule has 1 unspecified atom stereocenters. The number of benzene rings is 1. The number of rotatable bonds is 9. The fraction of sp³-hybridized carbons (Fsp3) is 0.643. The third-order valence-electron chi connectivity index (χ3n) is 7.05. The Labute approximate surface area is 229 Å². The van der Waals surface area contributed by atoms with Crippen LogP contribution in [-0.2, 0) is 32.1 Å². The van der Waals surface area contributed by atoms with Crippen molar-refractivity contribution < 1.29 is 29.0 Å². The van der Waals surface area contributed by atoms with E-state index in [9.17, 15) is 24.3 Å². The van der Waals surface area contributed by atoms with E-state index in [2.05, 4.69) is 5.32 Å². The molecule has 1 aliphatic carbocycles. The molecule has 0 radical (unpaired) electrons. The number of carbonyl (C=O) groups is 4. The number of carbonyl (C=O) groups excluding carboxylic acids is 3. The van der Waals surface area contributed by atoms with E-state index in [1.807, 2.05) is 30.5 Å². The van der Waals surface area contributed by atoms with Gasteiger partial charge in [-0.2, -0.15) is 11.8 Å². The normalized spacial score (nSPS) is 18.7. The number of amides is 3. The number of ether oxygens (including phenoxy) is 1. The van der Waals surface area contributed by atoms with Gasteiger partial charge in [0.2, 0.25) is 11.8 Å². The molecule has 3 rings (SSSR count). The summed E-state index contributed by atoms with van der Waals surface area (Å²) in [5.41, 5.74) is 1.18. The zero-order valence-corrected chi connectivity index (χ0v) is 23.7. The summed E-state index contributed by atoms with van der Waals surface area (Å²) >= 11 is 1.50. The predicted molar refractivity (Wildman–Crippen MR) is 147 cm³/mol. The molecule has 0 bridgehead atoms. The molecule has 3 amide bonds. The first-order valence-corrected chi connectivity index (χ1v) is 14.8. The maximum atomic E-state index is 13.8. The fourth-order valence-electron chi connectivity index (χ4n) is 5.07. The molecular formula is C28H41N3O6S. The Morgan fingerprint density at radius 1 is 1.13 bits per heavy atom. The summed E-state index contributed by atoms with van der Waals surface area (Å²) in [4.78, 5) is 55.2. The van der Waals surface area contributed by atoms with Crippen molar-refractivity contribution in [2.24, 2.45) is 0 Å². The van der Waals surface area contributed by atoms with Crippen molar-refractivity contribution in [2.75, 3.05) is 18.6 Å². The maximum Gasteiger partial charge on any atom is 0.411 e. The zero-order chi connectivity index (χ0) is 27.9. The molecule has 0 aromatic heterocycles. The number of hydrogen-bond donors (Lipinski definition) is 2. The van der Waals surface area contributed by atoms with E-state index < -0.39 is 35.7 Å². The second-order valence-corrected chi connectivity index (χ2v) is 12.1. The van der Waals surface area contributed by atoms with Crippen molar-refractivity contribution in [3.63, 3.8) is 0 Å². The van der Waals surface area contributed by atoms with E-state index in [0.717, 1.165) is 43.2 Å². The van der Waals surface area contributed by atoms with Gasteiger partial charge >= 0.3 is 12.1 Å². The molecule has 1 aliphatic heterocycles. The molecule has 1 fully saturated rings. The van der Waals surface area contributed by atoms with Crippen LogP contribution in [0.3, 0.4) is 0 Å². The second kappa shape index (κ2) is 13.4. The number of aliphatic carboxylic acids is 1. The summed E-state index contributed by atoms with van der Waals surface area (Å²) < 4.78 is 5.66. The minimum Gasteiger partial charge on any atom is -0.480 e. The highest BCUT2D eigenvalue weighted by atomic mass is 32.2. The van der Waals surface area contributed by atoms with E-state index >= 15 is 0 Å². The zero-order valence-electron chi connectivity index (χ0n) is 22.9. The number of nitrogens with one attached hydrogen (secondary N) is 1. The Bertz CT molecular complexity index is 1000. The molecule has 10 heteroatoms. The van der Waals surface area contributed by atoms with Gasteiger partial charge in [0.25, 0.3) is 0 Å². The molecule has 9 nitrogen and oxygen atoms in total. The number of hydrogen-bond acceptors (Lipinski definition) is 6. The van der Waals surface area contributed by atoms with Gasteiger partial charge in [0, 0.05) is 19.0 Å². The minimum atomic E-state index is -1.10. The van der Waals surface area contributed by atoms with E-state index in [-0.39, 0.29) is 37.9 Å². The first-order valence-electron chi connectivity index (χ1n) is 13.4. The van der Waals surface area contributed by atoms with Crippen LogP contribution in [-0.4, -0.2) is 81.1 Å². The number of carboxylic acids is 1. The van der Waals surface area contributed by atoms with Gasteiger partial charge < -0.3 is 20.1 Å². The number of fused-ring (bicyclic) bond motifs is 1. The van der Waals surface area contributed by atoms with Crippen LogP contribution >= 0.6 is 11.8 Å². The second-order valence-electron chi connectivity index (χ2n) is 11.1. The third kappa shape index (κ3) is 8.12. The van der Waals surface area contributed by atoms with Gasteiger partial charge in [0.05, 0.1) is 0 Å². The molecule has 38 heavy (non-hydrogen) atoms. The van der Waals surface area contributed by atoms with Crippen molar-refractivity contribution in [3.05, 3.63) is 35.4 Å². The van der Waals surface area contributed by atoms with Gasteiger partial charge in [0.1, 0.15) is 24.2 Å². The highest BCUT2D eigenvalue weighted by Gasteiger charge is 2.39. The van der Waals surface area contributed by atoms with Crippen LogP contribution in [0.15, 0.2) is 24.3 Å². The van der Waals surface area contributed by atoms with E-state index in [0.29, 0.717) is 5.75 Å². The number of carboxylic acid groups (broad SMARTS) is 1. The van der Waals surface area contributed by atoms with Crippen LogP contribution in [0, 0.1) is 0 Å². The van der Waals surface area contributed by atoms with Gasteiger partial charge in [0.15, 0.2) is 0 Å². The minimum absolute atomic E-state index is 0.102. The summed E-state index contributed by atoms with van der Waals surface area (Å²) in [5, 5.41) is 12.3. The quantitative estimate of drug-likeness (QED) is 0.483. The van der Waals surface area contributed by atoms with Crippen LogP contribution < -0.4 is 5.32 Å². The predicted octanol–water partition coefficient (Wildman–Crippen LogP) is 3.83. The van der Waals surface area contributed by atoms with Gasteiger partial charge in [-0.15, -0.1) is 0 Å². The van der Waals surface area contributed by atoms with E-state index in [1.54, 1.807) is 20.8 Å². The lowest BCUT2D eigenvalue weighted by molar-refractivity contribution is -0.146. The molecule has 2 N–H and O–H groups in total. The van der Waals surface area contributed by atoms with Crippen molar-refractivity contribution >= 4 is 35.6 Å². The topological polar surface area (TPSA) is 116 Å². The fourth-order valence-corrected chi connectivity index (χ4v) is 5.54. The summed E-state index contributed by atoms with van der Waals surface area (Å²) in [7, 11) is 0. The van der Waals surface area contributed by atoms with Crippen molar-refractivity contribution in [1.29, 1.82) is 0 Å². The summed E-state index contributed by atoms with van der Waals surface area (Å²) in [6.07, 6.45) is 6.57. The Morgan fingerprint density at radius 2 is 1.79 bits per heavy atom. The lowest BCUT2D eigenvalue weighted by Gasteiger charge is -2.40. The number of nitrogens with zero attached hydrogens (tertiary/aromatic N) is 2. The molecule has 0 spiro atoms. The van der Waals surface area contributed by atoms with E-state index in [4.69, 9.17) is 4.74 Å². The van der Waals surface area contributed by atoms with Crippen LogP contribution in [0.1, 0.15) is 70.4 Å². The molecule has 1 aromatic carbocycles. The van der Waals surface area contributed by atoms with Crippen LogP contribution in [0.2, 0.25) is 0 Å². The molecule has 0 saturated heterocycles. The smallest absolute Gasteiger partial charge is 0.411 e. The molecule has 2 aliphatic rings. The maximum absolute atomic E-state index is 13.8. The summed E-state index contributed by atoms with van der Waals surface area (Å²) in [6, 6.07) is 5.61. The highest BCUT2D eigenvalue weighted by molar-refractivity contribution is 7.98. The Kier molecular flexibility index (Phi) is 10.5. The van der Waals surface area contributed by atoms with Crippen molar-refractivity contribution in [3.8, 4) is 0 Å². The lowest BCUT2D eigenvalue weighted by atomic mass is 9.92. The molecule has 1 aromatic rings. The Balaban J connectivity index is 1.85. The van der Waals surface area contributed by atoms with Gasteiger partial charge in [-0.3, -0.25) is 14.5 Å². The molecule has 1 saturated carbocycles. The monoisotopic (exact) mass is 547 g/mol. The highest BCUT2D eigenvalue weighted by Crippen LogP contribution is 2.27. The van der Waals surface area contributed by atoms with Crippen molar-refractivity contribution in [2.45, 2.75) is 96.0 Å².